The molecule has 4 rings (SSSR count). The smallest absolute Gasteiger partial charge is 0.200 e. The number of hydrogen-bond acceptors (Lipinski definition) is 6. The van der Waals surface area contributed by atoms with Crippen LogP contribution in [0.4, 0.5) is 0 Å². The Labute approximate surface area is 203 Å². The first-order valence-corrected chi connectivity index (χ1v) is 11.6. The summed E-state index contributed by atoms with van der Waals surface area (Å²) in [5.74, 6) is 1.43. The number of carbonyl (C=O) groups is 1. The Kier molecular flexibility index (Phi) is 7.20. The third-order valence-electron chi connectivity index (χ3n) is 5.83. The molecular weight excluding hydrogens is 444 g/mol. The Morgan fingerprint density at radius 2 is 1.74 bits per heavy atom. The zero-order valence-electron chi connectivity index (χ0n) is 20.1. The highest BCUT2D eigenvalue weighted by atomic mass is 16.5. The first kappa shape index (κ1) is 24.1. The number of ketones is 1. The minimum Gasteiger partial charge on any atom is -0.507 e. The molecule has 0 amide bonds. The van der Waals surface area contributed by atoms with E-state index in [0.29, 0.717) is 51.3 Å². The summed E-state index contributed by atoms with van der Waals surface area (Å²) < 4.78 is 17.6. The van der Waals surface area contributed by atoms with Crippen LogP contribution in [0.15, 0.2) is 69.9 Å². The van der Waals surface area contributed by atoms with Crippen molar-refractivity contribution in [3.8, 4) is 28.4 Å². The van der Waals surface area contributed by atoms with E-state index in [1.165, 1.54) is 6.92 Å². The Bertz CT molecular complexity index is 1420. The molecular formula is C29H28O6. The fourth-order valence-corrected chi connectivity index (χ4v) is 4.15. The van der Waals surface area contributed by atoms with Crippen molar-refractivity contribution >= 4 is 16.8 Å². The normalized spacial score (nSPS) is 10.9. The van der Waals surface area contributed by atoms with Crippen LogP contribution in [-0.2, 0) is 6.42 Å². The predicted molar refractivity (Wildman–Crippen MR) is 136 cm³/mol. The van der Waals surface area contributed by atoms with Crippen LogP contribution in [0.3, 0.4) is 0 Å². The number of fused-ring (bicyclic) bond motifs is 1. The van der Waals surface area contributed by atoms with Gasteiger partial charge in [-0.2, -0.15) is 0 Å². The lowest BCUT2D eigenvalue weighted by Crippen LogP contribution is -2.11. The maximum absolute atomic E-state index is 13.1. The van der Waals surface area contributed by atoms with E-state index in [4.69, 9.17) is 13.9 Å². The van der Waals surface area contributed by atoms with Crippen molar-refractivity contribution < 1.29 is 23.8 Å². The maximum atomic E-state index is 13.1. The van der Waals surface area contributed by atoms with Gasteiger partial charge in [0.15, 0.2) is 5.78 Å². The lowest BCUT2D eigenvalue weighted by atomic mass is 10.0. The second-order valence-corrected chi connectivity index (χ2v) is 8.33. The summed E-state index contributed by atoms with van der Waals surface area (Å²) in [6.07, 6.45) is 1.40. The van der Waals surface area contributed by atoms with E-state index in [0.717, 1.165) is 12.0 Å². The number of benzene rings is 3. The summed E-state index contributed by atoms with van der Waals surface area (Å²) in [5.41, 5.74) is 2.67. The molecule has 0 aliphatic carbocycles. The molecule has 1 aromatic heterocycles. The SMILES string of the molecule is CCCc1c(OCCOc2ccc3c(=O)c(-c4ccccc4)c(C)oc3c2)ccc(C(C)=O)c1O. The Morgan fingerprint density at radius 3 is 2.46 bits per heavy atom. The molecule has 0 unspecified atom stereocenters. The van der Waals surface area contributed by atoms with Crippen molar-refractivity contribution in [3.63, 3.8) is 0 Å². The number of rotatable bonds is 9. The van der Waals surface area contributed by atoms with Gasteiger partial charge in [-0.3, -0.25) is 9.59 Å². The fourth-order valence-electron chi connectivity index (χ4n) is 4.15. The summed E-state index contributed by atoms with van der Waals surface area (Å²) in [7, 11) is 0. The van der Waals surface area contributed by atoms with Crippen molar-refractivity contribution in [2.75, 3.05) is 13.2 Å². The van der Waals surface area contributed by atoms with E-state index >= 15 is 0 Å². The van der Waals surface area contributed by atoms with Crippen LogP contribution in [0.25, 0.3) is 22.1 Å². The summed E-state index contributed by atoms with van der Waals surface area (Å²) in [4.78, 5) is 24.8. The van der Waals surface area contributed by atoms with Gasteiger partial charge in [0, 0.05) is 11.6 Å². The standard InChI is InChI=1S/C29H28O6/c1-4-8-23-25(14-13-22(18(2)30)28(23)31)34-16-15-33-21-11-12-24-26(17-21)35-19(3)27(29(24)32)20-9-6-5-7-10-20/h5-7,9-14,17,31H,4,8,15-16H2,1-3H3. The van der Waals surface area contributed by atoms with Gasteiger partial charge in [0.05, 0.1) is 16.5 Å². The molecule has 180 valence electrons. The van der Waals surface area contributed by atoms with Crippen LogP contribution in [0.2, 0.25) is 0 Å². The van der Waals surface area contributed by atoms with Gasteiger partial charge < -0.3 is 19.0 Å². The van der Waals surface area contributed by atoms with E-state index in [1.54, 1.807) is 37.3 Å². The molecule has 4 aromatic rings. The van der Waals surface area contributed by atoms with Gasteiger partial charge in [0.1, 0.15) is 41.8 Å². The maximum Gasteiger partial charge on any atom is 0.200 e. The van der Waals surface area contributed by atoms with Crippen LogP contribution in [0.1, 0.15) is 41.9 Å². The number of Topliss-reactive ketones (excluding diaryl/α,β-unsaturated/α-hetero) is 1. The zero-order chi connectivity index (χ0) is 24.9. The molecule has 35 heavy (non-hydrogen) atoms. The van der Waals surface area contributed by atoms with E-state index < -0.39 is 0 Å². The summed E-state index contributed by atoms with van der Waals surface area (Å²) in [6, 6.07) is 17.9. The monoisotopic (exact) mass is 472 g/mol. The van der Waals surface area contributed by atoms with E-state index in [1.807, 2.05) is 37.3 Å². The molecule has 0 saturated carbocycles. The number of aryl methyl sites for hydroxylation is 1. The quantitative estimate of drug-likeness (QED) is 0.234. The van der Waals surface area contributed by atoms with E-state index in [-0.39, 0.29) is 30.2 Å². The molecule has 0 aliphatic rings. The highest BCUT2D eigenvalue weighted by Gasteiger charge is 2.16. The number of phenols is 1. The molecule has 3 aromatic carbocycles. The largest absolute Gasteiger partial charge is 0.507 e. The van der Waals surface area contributed by atoms with Gasteiger partial charge in [-0.25, -0.2) is 0 Å². The number of hydrogen-bond donors (Lipinski definition) is 1. The third kappa shape index (κ3) is 5.06. The fraction of sp³-hybridized carbons (Fsp3) is 0.241. The second-order valence-electron chi connectivity index (χ2n) is 8.33. The number of ether oxygens (including phenoxy) is 2. The van der Waals surface area contributed by atoms with E-state index in [2.05, 4.69) is 0 Å². The molecule has 0 saturated heterocycles. The van der Waals surface area contributed by atoms with Crippen LogP contribution in [0.5, 0.6) is 17.2 Å². The first-order chi connectivity index (χ1) is 16.9. The van der Waals surface area contributed by atoms with Crippen LogP contribution in [0, 0.1) is 6.92 Å². The molecule has 1 N–H and O–H groups in total. The molecule has 1 heterocycles. The van der Waals surface area contributed by atoms with Crippen molar-refractivity contribution in [3.05, 3.63) is 87.8 Å². The lowest BCUT2D eigenvalue weighted by molar-refractivity contribution is 0.101. The number of carbonyl (C=O) groups excluding carboxylic acids is 1. The third-order valence-corrected chi connectivity index (χ3v) is 5.83. The van der Waals surface area contributed by atoms with Crippen LogP contribution < -0.4 is 14.9 Å². The molecule has 0 aliphatic heterocycles. The second kappa shape index (κ2) is 10.5. The molecule has 6 nitrogen and oxygen atoms in total. The average molecular weight is 473 g/mol. The first-order valence-electron chi connectivity index (χ1n) is 11.6. The van der Waals surface area contributed by atoms with Gasteiger partial charge in [0.25, 0.3) is 0 Å². The van der Waals surface area contributed by atoms with Gasteiger partial charge in [-0.15, -0.1) is 0 Å². The summed E-state index contributed by atoms with van der Waals surface area (Å²) in [5, 5.41) is 11.0. The van der Waals surface area contributed by atoms with E-state index in [9.17, 15) is 14.7 Å². The highest BCUT2D eigenvalue weighted by Crippen LogP contribution is 2.33. The minimum absolute atomic E-state index is 0.0208. The highest BCUT2D eigenvalue weighted by molar-refractivity contribution is 5.97. The summed E-state index contributed by atoms with van der Waals surface area (Å²) >= 11 is 0. The van der Waals surface area contributed by atoms with Crippen molar-refractivity contribution in [2.24, 2.45) is 0 Å². The summed E-state index contributed by atoms with van der Waals surface area (Å²) in [6.45, 7) is 5.69. The topological polar surface area (TPSA) is 86.0 Å². The molecule has 0 atom stereocenters. The molecule has 0 bridgehead atoms. The zero-order valence-corrected chi connectivity index (χ0v) is 20.1. The van der Waals surface area contributed by atoms with Crippen molar-refractivity contribution in [1.29, 1.82) is 0 Å². The Balaban J connectivity index is 1.47. The molecule has 0 radical (unpaired) electrons. The van der Waals surface area contributed by atoms with Gasteiger partial charge in [-0.1, -0.05) is 43.7 Å². The Morgan fingerprint density at radius 1 is 1.00 bits per heavy atom. The van der Waals surface area contributed by atoms with Gasteiger partial charge in [-0.05, 0) is 50.1 Å². The average Bonchev–Trinajstić information content (AvgIpc) is 2.84. The predicted octanol–water partition coefficient (Wildman–Crippen LogP) is 6.09. The molecule has 0 fully saturated rings. The van der Waals surface area contributed by atoms with Gasteiger partial charge >= 0.3 is 0 Å². The number of phenolic OH excluding ortho intramolecular Hbond substituents is 1. The van der Waals surface area contributed by atoms with Crippen molar-refractivity contribution in [2.45, 2.75) is 33.6 Å². The van der Waals surface area contributed by atoms with Crippen LogP contribution >= 0.6 is 0 Å². The Hall–Kier alpha value is -4.06. The molecule has 6 heteroatoms. The van der Waals surface area contributed by atoms with Crippen LogP contribution in [-0.4, -0.2) is 24.1 Å². The van der Waals surface area contributed by atoms with Gasteiger partial charge in [0.2, 0.25) is 5.43 Å². The number of aromatic hydroxyl groups is 1. The van der Waals surface area contributed by atoms with Crippen molar-refractivity contribution in [1.82, 2.24) is 0 Å². The lowest BCUT2D eigenvalue weighted by Gasteiger charge is -2.15. The minimum atomic E-state index is -0.191. The molecule has 0 spiro atoms.